The number of nitrogens with zero attached hydrogens (tertiary/aromatic N) is 2. The minimum atomic E-state index is 0.585. The average molecular weight is 288 g/mol. The molecule has 0 heterocycles. The highest BCUT2D eigenvalue weighted by Crippen LogP contribution is 2.22. The van der Waals surface area contributed by atoms with E-state index >= 15 is 0 Å². The monoisotopic (exact) mass is 288 g/mol. The summed E-state index contributed by atoms with van der Waals surface area (Å²) in [6, 6.07) is 23.3. The SMILES string of the molecule is N#C/C(=C\S/C=C(\C#N)c1ccccc1)c1ccccc1. The average Bonchev–Trinajstić information content (AvgIpc) is 2.57. The molecule has 0 saturated heterocycles. The predicted octanol–water partition coefficient (Wildman–Crippen LogP) is 4.85. The van der Waals surface area contributed by atoms with Crippen molar-refractivity contribution in [1.82, 2.24) is 0 Å². The van der Waals surface area contributed by atoms with Crippen molar-refractivity contribution in [1.29, 1.82) is 10.5 Å². The number of benzene rings is 2. The Hall–Kier alpha value is -2.75. The van der Waals surface area contributed by atoms with E-state index in [1.165, 1.54) is 11.8 Å². The Morgan fingerprint density at radius 2 is 1.10 bits per heavy atom. The van der Waals surface area contributed by atoms with Crippen LogP contribution in [0.2, 0.25) is 0 Å². The van der Waals surface area contributed by atoms with Gasteiger partial charge in [0.25, 0.3) is 0 Å². The van der Waals surface area contributed by atoms with Gasteiger partial charge in [-0.05, 0) is 21.9 Å². The number of rotatable bonds is 4. The highest BCUT2D eigenvalue weighted by molar-refractivity contribution is 8.05. The molecule has 0 N–H and O–H groups in total. The van der Waals surface area contributed by atoms with Gasteiger partial charge >= 0.3 is 0 Å². The van der Waals surface area contributed by atoms with E-state index in [4.69, 9.17) is 0 Å². The Morgan fingerprint density at radius 1 is 0.714 bits per heavy atom. The molecule has 0 aliphatic heterocycles. The van der Waals surface area contributed by atoms with Crippen molar-refractivity contribution in [2.24, 2.45) is 0 Å². The predicted molar refractivity (Wildman–Crippen MR) is 87.7 cm³/mol. The first-order valence-corrected chi connectivity index (χ1v) is 7.26. The van der Waals surface area contributed by atoms with Crippen molar-refractivity contribution in [3.8, 4) is 12.1 Å². The quantitative estimate of drug-likeness (QED) is 0.756. The molecular formula is C18H12N2S. The number of thioether (sulfide) groups is 1. The van der Waals surface area contributed by atoms with E-state index in [2.05, 4.69) is 12.1 Å². The summed E-state index contributed by atoms with van der Waals surface area (Å²) in [7, 11) is 0. The van der Waals surface area contributed by atoms with Gasteiger partial charge in [0.2, 0.25) is 0 Å². The Kier molecular flexibility index (Phi) is 5.41. The standard InChI is InChI=1S/C18H12N2S/c19-11-17(15-7-3-1-4-8-15)13-21-14-18(12-20)16-9-5-2-6-10-16/h1-10,13-14H/b17-13+,18-14+. The van der Waals surface area contributed by atoms with E-state index in [1.54, 1.807) is 10.8 Å². The van der Waals surface area contributed by atoms with Crippen LogP contribution in [0.1, 0.15) is 11.1 Å². The van der Waals surface area contributed by atoms with Crippen molar-refractivity contribution in [3.05, 3.63) is 82.6 Å². The first-order valence-electron chi connectivity index (χ1n) is 6.32. The molecule has 0 saturated carbocycles. The summed E-state index contributed by atoms with van der Waals surface area (Å²) in [5.41, 5.74) is 2.92. The molecule has 0 fully saturated rings. The Labute approximate surface area is 128 Å². The normalized spacial score (nSPS) is 11.5. The summed E-state index contributed by atoms with van der Waals surface area (Å²) >= 11 is 1.34. The molecule has 100 valence electrons. The van der Waals surface area contributed by atoms with Gasteiger partial charge in [-0.2, -0.15) is 10.5 Å². The Morgan fingerprint density at radius 3 is 1.43 bits per heavy atom. The summed E-state index contributed by atoms with van der Waals surface area (Å²) in [6.45, 7) is 0. The summed E-state index contributed by atoms with van der Waals surface area (Å²) in [5.74, 6) is 0. The molecule has 21 heavy (non-hydrogen) atoms. The molecule has 0 aliphatic carbocycles. The maximum absolute atomic E-state index is 9.20. The minimum Gasteiger partial charge on any atom is -0.192 e. The van der Waals surface area contributed by atoms with Gasteiger partial charge in [-0.1, -0.05) is 60.7 Å². The van der Waals surface area contributed by atoms with E-state index in [0.717, 1.165) is 11.1 Å². The van der Waals surface area contributed by atoms with E-state index in [1.807, 2.05) is 60.7 Å². The van der Waals surface area contributed by atoms with E-state index in [0.29, 0.717) is 11.1 Å². The molecule has 0 radical (unpaired) electrons. The van der Waals surface area contributed by atoms with Crippen LogP contribution in [-0.2, 0) is 0 Å². The zero-order valence-electron chi connectivity index (χ0n) is 11.2. The second-order valence-corrected chi connectivity index (χ2v) is 4.90. The molecule has 0 aromatic heterocycles. The van der Waals surface area contributed by atoms with Gasteiger partial charge in [0.15, 0.2) is 0 Å². The van der Waals surface area contributed by atoms with E-state index in [9.17, 15) is 10.5 Å². The van der Waals surface area contributed by atoms with Crippen LogP contribution in [0.5, 0.6) is 0 Å². The van der Waals surface area contributed by atoms with Gasteiger partial charge in [-0.3, -0.25) is 0 Å². The Bertz CT molecular complexity index is 667. The van der Waals surface area contributed by atoms with Crippen molar-refractivity contribution in [2.75, 3.05) is 0 Å². The molecule has 0 atom stereocenters. The zero-order valence-corrected chi connectivity index (χ0v) is 12.0. The highest BCUT2D eigenvalue weighted by Gasteiger charge is 2.00. The maximum Gasteiger partial charge on any atom is 0.100 e. The van der Waals surface area contributed by atoms with Gasteiger partial charge in [-0.25, -0.2) is 0 Å². The van der Waals surface area contributed by atoms with Crippen LogP contribution in [0.4, 0.5) is 0 Å². The number of nitriles is 2. The summed E-state index contributed by atoms with van der Waals surface area (Å²) in [4.78, 5) is 0. The van der Waals surface area contributed by atoms with Gasteiger partial charge in [0.1, 0.15) is 12.1 Å². The van der Waals surface area contributed by atoms with Crippen LogP contribution in [0.25, 0.3) is 11.1 Å². The smallest absolute Gasteiger partial charge is 0.100 e. The molecule has 2 nitrogen and oxygen atoms in total. The van der Waals surface area contributed by atoms with Crippen molar-refractivity contribution >= 4 is 22.9 Å². The van der Waals surface area contributed by atoms with Crippen LogP contribution < -0.4 is 0 Å². The third kappa shape index (κ3) is 4.11. The summed E-state index contributed by atoms with van der Waals surface area (Å²) in [6.07, 6.45) is 0. The lowest BCUT2D eigenvalue weighted by molar-refractivity contribution is 1.52. The molecule has 0 amide bonds. The molecular weight excluding hydrogens is 276 g/mol. The topological polar surface area (TPSA) is 47.6 Å². The second-order valence-electron chi connectivity index (χ2n) is 4.15. The molecule has 2 aromatic rings. The molecule has 2 aromatic carbocycles. The minimum absolute atomic E-state index is 0.585. The molecule has 3 heteroatoms. The molecule has 0 unspecified atom stereocenters. The van der Waals surface area contributed by atoms with Gasteiger partial charge in [-0.15, -0.1) is 11.8 Å². The fourth-order valence-corrected chi connectivity index (χ4v) is 2.44. The molecule has 2 rings (SSSR count). The second kappa shape index (κ2) is 7.75. The van der Waals surface area contributed by atoms with Crippen LogP contribution in [0.15, 0.2) is 71.5 Å². The summed E-state index contributed by atoms with van der Waals surface area (Å²) in [5, 5.41) is 21.9. The third-order valence-electron chi connectivity index (χ3n) is 2.78. The highest BCUT2D eigenvalue weighted by atomic mass is 32.2. The zero-order chi connectivity index (χ0) is 14.9. The van der Waals surface area contributed by atoms with Gasteiger partial charge in [0, 0.05) is 0 Å². The van der Waals surface area contributed by atoms with Crippen molar-refractivity contribution in [2.45, 2.75) is 0 Å². The van der Waals surface area contributed by atoms with Crippen LogP contribution in [0.3, 0.4) is 0 Å². The lowest BCUT2D eigenvalue weighted by atomic mass is 10.1. The van der Waals surface area contributed by atoms with Gasteiger partial charge < -0.3 is 0 Å². The molecule has 0 bridgehead atoms. The first kappa shape index (κ1) is 14.7. The number of hydrogen-bond donors (Lipinski definition) is 0. The molecule has 0 spiro atoms. The fraction of sp³-hybridized carbons (Fsp3) is 0. The van der Waals surface area contributed by atoms with E-state index in [-0.39, 0.29) is 0 Å². The van der Waals surface area contributed by atoms with E-state index < -0.39 is 0 Å². The summed E-state index contributed by atoms with van der Waals surface area (Å²) < 4.78 is 0. The number of allylic oxidation sites excluding steroid dienone is 2. The van der Waals surface area contributed by atoms with Crippen molar-refractivity contribution in [3.63, 3.8) is 0 Å². The van der Waals surface area contributed by atoms with Crippen LogP contribution in [-0.4, -0.2) is 0 Å². The number of hydrogen-bond acceptors (Lipinski definition) is 3. The largest absolute Gasteiger partial charge is 0.192 e. The lowest BCUT2D eigenvalue weighted by Crippen LogP contribution is -1.80. The molecule has 0 aliphatic rings. The lowest BCUT2D eigenvalue weighted by Gasteiger charge is -1.98. The first-order chi connectivity index (χ1) is 10.3. The van der Waals surface area contributed by atoms with Gasteiger partial charge in [0.05, 0.1) is 11.1 Å². The Balaban J connectivity index is 2.18. The maximum atomic E-state index is 9.20. The fourth-order valence-electron chi connectivity index (χ4n) is 1.72. The third-order valence-corrected chi connectivity index (χ3v) is 3.53. The van der Waals surface area contributed by atoms with Crippen LogP contribution >= 0.6 is 11.8 Å². The van der Waals surface area contributed by atoms with Crippen LogP contribution in [0, 0.1) is 22.7 Å². The van der Waals surface area contributed by atoms with Crippen molar-refractivity contribution < 1.29 is 0 Å².